The largest absolute Gasteiger partial charge is 0.488 e. The maximum atomic E-state index is 12.5. The minimum Gasteiger partial charge on any atom is -0.488 e. The Morgan fingerprint density at radius 1 is 1.44 bits per heavy atom. The zero-order chi connectivity index (χ0) is 12.3. The fourth-order valence-corrected chi connectivity index (χ4v) is 1.87. The molecule has 88 valence electrons. The van der Waals surface area contributed by atoms with Crippen molar-refractivity contribution >= 4 is 27.5 Å². The molecule has 0 atom stereocenters. The van der Waals surface area contributed by atoms with Gasteiger partial charge in [0.1, 0.15) is 12.4 Å². The van der Waals surface area contributed by atoms with Gasteiger partial charge in [0.15, 0.2) is 0 Å². The molecule has 0 saturated heterocycles. The average Bonchev–Trinajstić information content (AvgIpc) is 2.14. The Morgan fingerprint density at radius 3 is 2.56 bits per heavy atom. The highest BCUT2D eigenvalue weighted by molar-refractivity contribution is 9.10. The van der Waals surface area contributed by atoms with Crippen molar-refractivity contribution in [2.45, 2.75) is 6.18 Å². The number of rotatable bonds is 3. The van der Waals surface area contributed by atoms with Gasteiger partial charge in [0, 0.05) is 0 Å². The van der Waals surface area contributed by atoms with E-state index in [2.05, 4.69) is 22.5 Å². The molecule has 0 unspecified atom stereocenters. The third-order valence-electron chi connectivity index (χ3n) is 1.68. The number of hydrogen-bond acceptors (Lipinski definition) is 1. The monoisotopic (exact) mass is 314 g/mol. The summed E-state index contributed by atoms with van der Waals surface area (Å²) in [7, 11) is 0. The molecule has 1 nitrogen and oxygen atoms in total. The summed E-state index contributed by atoms with van der Waals surface area (Å²) in [5.41, 5.74) is -0.920. The van der Waals surface area contributed by atoms with Gasteiger partial charge in [-0.1, -0.05) is 24.3 Å². The van der Waals surface area contributed by atoms with Gasteiger partial charge in [0.05, 0.1) is 15.1 Å². The maximum Gasteiger partial charge on any atom is 0.417 e. The maximum absolute atomic E-state index is 12.5. The van der Waals surface area contributed by atoms with Crippen LogP contribution in [0.5, 0.6) is 5.75 Å². The van der Waals surface area contributed by atoms with Crippen LogP contribution >= 0.6 is 27.5 Å². The lowest BCUT2D eigenvalue weighted by Gasteiger charge is -2.12. The molecule has 1 rings (SSSR count). The number of benzene rings is 1. The van der Waals surface area contributed by atoms with Gasteiger partial charge in [0.25, 0.3) is 0 Å². The zero-order valence-electron chi connectivity index (χ0n) is 7.94. The quantitative estimate of drug-likeness (QED) is 0.736. The highest BCUT2D eigenvalue weighted by Gasteiger charge is 2.34. The normalized spacial score (nSPS) is 11.3. The Morgan fingerprint density at radius 2 is 2.06 bits per heavy atom. The SMILES string of the molecule is C=CCOc1cc(C(F)(F)F)c(Cl)cc1Br. The first-order valence-corrected chi connectivity index (χ1v) is 5.33. The van der Waals surface area contributed by atoms with E-state index in [1.807, 2.05) is 0 Å². The van der Waals surface area contributed by atoms with E-state index in [0.29, 0.717) is 4.47 Å². The van der Waals surface area contributed by atoms with Gasteiger partial charge in [-0.3, -0.25) is 0 Å². The summed E-state index contributed by atoms with van der Waals surface area (Å²) in [6.45, 7) is 3.53. The molecule has 0 radical (unpaired) electrons. The third-order valence-corrected chi connectivity index (χ3v) is 2.62. The Hall–Kier alpha value is -0.680. The van der Waals surface area contributed by atoms with Gasteiger partial charge in [-0.15, -0.1) is 0 Å². The van der Waals surface area contributed by atoms with E-state index in [-0.39, 0.29) is 17.4 Å². The molecule has 0 aromatic heterocycles. The van der Waals surface area contributed by atoms with Gasteiger partial charge < -0.3 is 4.74 Å². The van der Waals surface area contributed by atoms with Crippen LogP contribution in [0.4, 0.5) is 13.2 Å². The van der Waals surface area contributed by atoms with Crippen molar-refractivity contribution in [2.24, 2.45) is 0 Å². The lowest BCUT2D eigenvalue weighted by molar-refractivity contribution is -0.137. The summed E-state index contributed by atoms with van der Waals surface area (Å²) in [5, 5.41) is -0.370. The van der Waals surface area contributed by atoms with Crippen LogP contribution < -0.4 is 4.74 Å². The predicted molar refractivity (Wildman–Crippen MR) is 59.8 cm³/mol. The van der Waals surface area contributed by atoms with E-state index in [1.165, 1.54) is 6.08 Å². The summed E-state index contributed by atoms with van der Waals surface area (Å²) >= 11 is 8.56. The number of alkyl halides is 3. The van der Waals surface area contributed by atoms with Crippen molar-refractivity contribution in [3.63, 3.8) is 0 Å². The topological polar surface area (TPSA) is 9.23 Å². The second-order valence-corrected chi connectivity index (χ2v) is 4.12. The molecular weight excluding hydrogens is 308 g/mol. The van der Waals surface area contributed by atoms with Crippen molar-refractivity contribution in [1.29, 1.82) is 0 Å². The van der Waals surface area contributed by atoms with Crippen molar-refractivity contribution in [1.82, 2.24) is 0 Å². The molecule has 0 heterocycles. The summed E-state index contributed by atoms with van der Waals surface area (Å²) in [4.78, 5) is 0. The molecule has 0 aliphatic heterocycles. The first kappa shape index (κ1) is 13.4. The first-order chi connectivity index (χ1) is 7.36. The second-order valence-electron chi connectivity index (χ2n) is 2.86. The van der Waals surface area contributed by atoms with E-state index in [1.54, 1.807) is 0 Å². The number of ether oxygens (including phenoxy) is 1. The fourth-order valence-electron chi connectivity index (χ4n) is 1.01. The van der Waals surface area contributed by atoms with E-state index in [0.717, 1.165) is 12.1 Å². The minimum absolute atomic E-state index is 0.0802. The van der Waals surface area contributed by atoms with Gasteiger partial charge in [-0.2, -0.15) is 13.2 Å². The van der Waals surface area contributed by atoms with Crippen molar-refractivity contribution in [3.8, 4) is 5.75 Å². The fraction of sp³-hybridized carbons (Fsp3) is 0.200. The molecule has 0 saturated carbocycles. The molecule has 16 heavy (non-hydrogen) atoms. The van der Waals surface area contributed by atoms with Crippen LogP contribution in [0.1, 0.15) is 5.56 Å². The Bertz CT molecular complexity index is 404. The van der Waals surface area contributed by atoms with Gasteiger partial charge in [-0.25, -0.2) is 0 Å². The minimum atomic E-state index is -4.50. The highest BCUT2D eigenvalue weighted by Crippen LogP contribution is 2.40. The van der Waals surface area contributed by atoms with Crippen LogP contribution in [-0.4, -0.2) is 6.61 Å². The molecule has 6 heteroatoms. The molecule has 0 bridgehead atoms. The highest BCUT2D eigenvalue weighted by atomic mass is 79.9. The molecule has 0 aliphatic carbocycles. The Labute approximate surface area is 104 Å². The van der Waals surface area contributed by atoms with E-state index < -0.39 is 11.7 Å². The van der Waals surface area contributed by atoms with Crippen LogP contribution in [-0.2, 0) is 6.18 Å². The lowest BCUT2D eigenvalue weighted by atomic mass is 10.2. The first-order valence-electron chi connectivity index (χ1n) is 4.16. The van der Waals surface area contributed by atoms with Crippen LogP contribution in [0.3, 0.4) is 0 Å². The van der Waals surface area contributed by atoms with Crippen LogP contribution in [0.15, 0.2) is 29.3 Å². The van der Waals surface area contributed by atoms with Crippen LogP contribution in [0, 0.1) is 0 Å². The van der Waals surface area contributed by atoms with E-state index in [4.69, 9.17) is 16.3 Å². The van der Waals surface area contributed by atoms with Gasteiger partial charge >= 0.3 is 6.18 Å². The summed E-state index contributed by atoms with van der Waals surface area (Å²) in [6, 6.07) is 2.01. The standard InChI is InChI=1S/C10H7BrClF3O/c1-2-3-16-9-4-6(10(13,14)15)8(12)5-7(9)11/h2,4-5H,1,3H2. The Balaban J connectivity index is 3.16. The smallest absolute Gasteiger partial charge is 0.417 e. The predicted octanol–water partition coefficient (Wildman–Crippen LogP) is 4.69. The van der Waals surface area contributed by atoms with Gasteiger partial charge in [-0.05, 0) is 28.1 Å². The average molecular weight is 316 g/mol. The molecule has 1 aromatic rings. The van der Waals surface area contributed by atoms with Crippen molar-refractivity contribution in [3.05, 3.63) is 39.8 Å². The summed E-state index contributed by atoms with van der Waals surface area (Å²) < 4.78 is 42.9. The molecule has 0 amide bonds. The van der Waals surface area contributed by atoms with Crippen molar-refractivity contribution in [2.75, 3.05) is 6.61 Å². The summed E-state index contributed by atoms with van der Waals surface area (Å²) in [5.74, 6) is 0.0802. The van der Waals surface area contributed by atoms with E-state index in [9.17, 15) is 13.2 Å². The van der Waals surface area contributed by atoms with Crippen molar-refractivity contribution < 1.29 is 17.9 Å². The molecule has 1 aromatic carbocycles. The molecule has 0 N–H and O–H groups in total. The number of halogens is 5. The summed E-state index contributed by atoms with van der Waals surface area (Å²) in [6.07, 6.45) is -3.06. The molecular formula is C10H7BrClF3O. The zero-order valence-corrected chi connectivity index (χ0v) is 10.3. The van der Waals surface area contributed by atoms with Crippen LogP contribution in [0.2, 0.25) is 5.02 Å². The number of hydrogen-bond donors (Lipinski definition) is 0. The molecule has 0 aliphatic rings. The van der Waals surface area contributed by atoms with Crippen LogP contribution in [0.25, 0.3) is 0 Å². The second kappa shape index (κ2) is 5.10. The lowest BCUT2D eigenvalue weighted by Crippen LogP contribution is -2.07. The third kappa shape index (κ3) is 3.15. The Kier molecular flexibility index (Phi) is 4.27. The molecule has 0 fully saturated rings. The molecule has 0 spiro atoms. The van der Waals surface area contributed by atoms with Gasteiger partial charge in [0.2, 0.25) is 0 Å². The van der Waals surface area contributed by atoms with E-state index >= 15 is 0 Å².